The van der Waals surface area contributed by atoms with Crippen molar-refractivity contribution in [3.8, 4) is 5.75 Å². The van der Waals surface area contributed by atoms with Crippen LogP contribution < -0.4 is 10.1 Å². The molecule has 1 aliphatic carbocycles. The molecule has 86 valence electrons. The third kappa shape index (κ3) is 2.08. The highest BCUT2D eigenvalue weighted by Gasteiger charge is 2.21. The highest BCUT2D eigenvalue weighted by atomic mass is 16.6. The average molecular weight is 222 g/mol. The lowest BCUT2D eigenvalue weighted by atomic mass is 9.93. The molecule has 0 amide bonds. The molecule has 5 heteroatoms. The lowest BCUT2D eigenvalue weighted by Crippen LogP contribution is -2.27. The molecular weight excluding hydrogens is 208 g/mol. The molecule has 0 saturated heterocycles. The van der Waals surface area contributed by atoms with E-state index in [4.69, 9.17) is 4.74 Å². The molecule has 0 aliphatic heterocycles. The number of anilines is 1. The summed E-state index contributed by atoms with van der Waals surface area (Å²) < 4.78 is 5.06. The summed E-state index contributed by atoms with van der Waals surface area (Å²) in [6.45, 7) is 0. The summed E-state index contributed by atoms with van der Waals surface area (Å²) in [6.07, 6.45) is 3.35. The molecule has 0 atom stereocenters. The van der Waals surface area contributed by atoms with Gasteiger partial charge in [-0.05, 0) is 25.3 Å². The van der Waals surface area contributed by atoms with Crippen LogP contribution in [0.3, 0.4) is 0 Å². The van der Waals surface area contributed by atoms with Crippen molar-refractivity contribution in [3.63, 3.8) is 0 Å². The second kappa shape index (κ2) is 4.38. The van der Waals surface area contributed by atoms with Gasteiger partial charge in [0, 0.05) is 18.2 Å². The van der Waals surface area contributed by atoms with E-state index in [-0.39, 0.29) is 10.6 Å². The van der Waals surface area contributed by atoms with Gasteiger partial charge in [-0.25, -0.2) is 0 Å². The average Bonchev–Trinajstić information content (AvgIpc) is 2.22. The van der Waals surface area contributed by atoms with Crippen LogP contribution >= 0.6 is 0 Å². The van der Waals surface area contributed by atoms with Gasteiger partial charge in [0.1, 0.15) is 11.4 Å². The number of ether oxygens (including phenoxy) is 1. The van der Waals surface area contributed by atoms with Crippen LogP contribution in [0.1, 0.15) is 19.3 Å². The maximum absolute atomic E-state index is 10.8. The molecule has 0 spiro atoms. The van der Waals surface area contributed by atoms with E-state index in [1.807, 2.05) is 0 Å². The SMILES string of the molecule is COc1ccc([N+](=O)[O-])c(NC2CCC2)c1. The van der Waals surface area contributed by atoms with Crippen LogP contribution in [0, 0.1) is 10.1 Å². The molecule has 1 aromatic rings. The monoisotopic (exact) mass is 222 g/mol. The van der Waals surface area contributed by atoms with Crippen LogP contribution in [0.4, 0.5) is 11.4 Å². The smallest absolute Gasteiger partial charge is 0.292 e. The van der Waals surface area contributed by atoms with Crippen LogP contribution in [0.5, 0.6) is 5.75 Å². The van der Waals surface area contributed by atoms with Crippen LogP contribution in [-0.2, 0) is 0 Å². The van der Waals surface area contributed by atoms with Gasteiger partial charge in [-0.1, -0.05) is 0 Å². The summed E-state index contributed by atoms with van der Waals surface area (Å²) in [4.78, 5) is 10.5. The minimum absolute atomic E-state index is 0.104. The van der Waals surface area contributed by atoms with Gasteiger partial charge < -0.3 is 10.1 Å². The summed E-state index contributed by atoms with van der Waals surface area (Å²) in [5, 5.41) is 14.0. The Morgan fingerprint density at radius 2 is 2.25 bits per heavy atom. The zero-order chi connectivity index (χ0) is 11.5. The topological polar surface area (TPSA) is 64.4 Å². The Bertz CT molecular complexity index is 402. The van der Waals surface area contributed by atoms with Crippen LogP contribution in [-0.4, -0.2) is 18.1 Å². The summed E-state index contributed by atoms with van der Waals surface area (Å²) in [5.41, 5.74) is 0.654. The number of nitrogens with zero attached hydrogens (tertiary/aromatic N) is 1. The summed E-state index contributed by atoms with van der Waals surface area (Å²) in [5.74, 6) is 0.632. The molecule has 0 bridgehead atoms. The fourth-order valence-corrected chi connectivity index (χ4v) is 1.69. The van der Waals surface area contributed by atoms with Crippen molar-refractivity contribution < 1.29 is 9.66 Å². The highest BCUT2D eigenvalue weighted by Crippen LogP contribution is 2.32. The van der Waals surface area contributed by atoms with E-state index < -0.39 is 0 Å². The molecular formula is C11H14N2O3. The number of methoxy groups -OCH3 is 1. The molecule has 0 aromatic heterocycles. The summed E-state index contributed by atoms with van der Waals surface area (Å²) in [7, 11) is 1.55. The summed E-state index contributed by atoms with van der Waals surface area (Å²) in [6, 6.07) is 5.12. The van der Waals surface area contributed by atoms with Crippen molar-refractivity contribution in [2.45, 2.75) is 25.3 Å². The first-order chi connectivity index (χ1) is 7.70. The number of nitro benzene ring substituents is 1. The second-order valence-electron chi connectivity index (χ2n) is 3.91. The van der Waals surface area contributed by atoms with Crippen molar-refractivity contribution in [1.29, 1.82) is 0 Å². The number of nitrogens with one attached hydrogen (secondary N) is 1. The van der Waals surface area contributed by atoms with Gasteiger partial charge in [-0.3, -0.25) is 10.1 Å². The first kappa shape index (κ1) is 10.7. The summed E-state index contributed by atoms with van der Waals surface area (Å²) >= 11 is 0. The largest absolute Gasteiger partial charge is 0.497 e. The minimum Gasteiger partial charge on any atom is -0.497 e. The molecule has 0 unspecified atom stereocenters. The standard InChI is InChI=1S/C11H14N2O3/c1-16-9-5-6-11(13(14)15)10(7-9)12-8-3-2-4-8/h5-8,12H,2-4H2,1H3. The van der Waals surface area contributed by atoms with E-state index in [1.54, 1.807) is 19.2 Å². The fourth-order valence-electron chi connectivity index (χ4n) is 1.69. The van der Waals surface area contributed by atoms with E-state index in [1.165, 1.54) is 12.5 Å². The molecule has 1 aromatic carbocycles. The zero-order valence-electron chi connectivity index (χ0n) is 9.10. The van der Waals surface area contributed by atoms with Crippen molar-refractivity contribution in [2.24, 2.45) is 0 Å². The number of rotatable bonds is 4. The second-order valence-corrected chi connectivity index (χ2v) is 3.91. The number of nitro groups is 1. The lowest BCUT2D eigenvalue weighted by Gasteiger charge is -2.27. The Kier molecular flexibility index (Phi) is 2.94. The van der Waals surface area contributed by atoms with E-state index in [0.29, 0.717) is 17.5 Å². The molecule has 2 rings (SSSR count). The Labute approximate surface area is 93.6 Å². The van der Waals surface area contributed by atoms with Gasteiger partial charge in [-0.15, -0.1) is 0 Å². The van der Waals surface area contributed by atoms with Crippen LogP contribution in [0.25, 0.3) is 0 Å². The highest BCUT2D eigenvalue weighted by molar-refractivity contribution is 5.64. The van der Waals surface area contributed by atoms with Crippen LogP contribution in [0.15, 0.2) is 18.2 Å². The normalized spacial score (nSPS) is 15.3. The molecule has 16 heavy (non-hydrogen) atoms. The molecule has 0 radical (unpaired) electrons. The van der Waals surface area contributed by atoms with E-state index >= 15 is 0 Å². The number of hydrogen-bond donors (Lipinski definition) is 1. The first-order valence-electron chi connectivity index (χ1n) is 5.29. The Hall–Kier alpha value is -1.78. The Balaban J connectivity index is 2.25. The van der Waals surface area contributed by atoms with Gasteiger partial charge in [0.25, 0.3) is 5.69 Å². The Morgan fingerprint density at radius 1 is 1.50 bits per heavy atom. The maximum atomic E-state index is 10.8. The molecule has 1 fully saturated rings. The predicted molar refractivity (Wildman–Crippen MR) is 60.9 cm³/mol. The molecule has 5 nitrogen and oxygen atoms in total. The fraction of sp³-hybridized carbons (Fsp3) is 0.455. The minimum atomic E-state index is -0.375. The van der Waals surface area contributed by atoms with Crippen LogP contribution in [0.2, 0.25) is 0 Å². The number of benzene rings is 1. The lowest BCUT2D eigenvalue weighted by molar-refractivity contribution is -0.384. The number of hydrogen-bond acceptors (Lipinski definition) is 4. The van der Waals surface area contributed by atoms with Gasteiger partial charge in [0.05, 0.1) is 12.0 Å². The van der Waals surface area contributed by atoms with Gasteiger partial charge in [0.2, 0.25) is 0 Å². The molecule has 0 heterocycles. The molecule has 1 N–H and O–H groups in total. The van der Waals surface area contributed by atoms with Gasteiger partial charge in [0.15, 0.2) is 0 Å². The van der Waals surface area contributed by atoms with Crippen molar-refractivity contribution in [2.75, 3.05) is 12.4 Å². The zero-order valence-corrected chi connectivity index (χ0v) is 9.10. The van der Waals surface area contributed by atoms with E-state index in [9.17, 15) is 10.1 Å². The molecule has 1 aliphatic rings. The van der Waals surface area contributed by atoms with E-state index in [0.717, 1.165) is 12.8 Å². The predicted octanol–water partition coefficient (Wildman–Crippen LogP) is 2.57. The van der Waals surface area contributed by atoms with E-state index in [2.05, 4.69) is 5.32 Å². The van der Waals surface area contributed by atoms with Crippen molar-refractivity contribution in [3.05, 3.63) is 28.3 Å². The quantitative estimate of drug-likeness (QED) is 0.628. The molecule has 1 saturated carbocycles. The van der Waals surface area contributed by atoms with Crippen molar-refractivity contribution in [1.82, 2.24) is 0 Å². The first-order valence-corrected chi connectivity index (χ1v) is 5.29. The maximum Gasteiger partial charge on any atom is 0.292 e. The third-order valence-corrected chi connectivity index (χ3v) is 2.87. The third-order valence-electron chi connectivity index (χ3n) is 2.87. The Morgan fingerprint density at radius 3 is 2.75 bits per heavy atom. The van der Waals surface area contributed by atoms with Crippen molar-refractivity contribution >= 4 is 11.4 Å². The van der Waals surface area contributed by atoms with Gasteiger partial charge >= 0.3 is 0 Å². The van der Waals surface area contributed by atoms with Gasteiger partial charge in [-0.2, -0.15) is 0 Å².